The standard InChI is InChI=1S/C24H36BN3O4/c1-15(2)19(28-21(29)30-22(3,4)5)20-26-14-18(27-20)16-10-12-17(13-11-16)25-31-23(6,7)24(8,9)32-25/h10-15,19H,1-9H3,(H,26,27)(H,28,29)/t19-/m0/s1. The van der Waals surface area contributed by atoms with Crippen molar-refractivity contribution in [3.05, 3.63) is 36.3 Å². The summed E-state index contributed by atoms with van der Waals surface area (Å²) >= 11 is 0. The minimum Gasteiger partial charge on any atom is -0.444 e. The first-order valence-corrected chi connectivity index (χ1v) is 11.2. The van der Waals surface area contributed by atoms with Gasteiger partial charge in [0.2, 0.25) is 0 Å². The Labute approximate surface area is 191 Å². The predicted octanol–water partition coefficient (Wildman–Crippen LogP) is 4.60. The molecule has 2 heterocycles. The number of H-pyrrole nitrogens is 1. The number of amides is 1. The van der Waals surface area contributed by atoms with Crippen LogP contribution in [-0.4, -0.2) is 40.0 Å². The van der Waals surface area contributed by atoms with Gasteiger partial charge in [0.05, 0.1) is 29.1 Å². The molecule has 1 saturated heterocycles. The zero-order valence-corrected chi connectivity index (χ0v) is 20.7. The van der Waals surface area contributed by atoms with Gasteiger partial charge in [-0.3, -0.25) is 0 Å². The van der Waals surface area contributed by atoms with Crippen molar-refractivity contribution in [1.82, 2.24) is 15.3 Å². The van der Waals surface area contributed by atoms with E-state index in [1.807, 2.05) is 86.6 Å². The molecule has 174 valence electrons. The van der Waals surface area contributed by atoms with E-state index >= 15 is 0 Å². The number of alkyl carbamates (subject to hydrolysis) is 1. The summed E-state index contributed by atoms with van der Waals surface area (Å²) in [5.74, 6) is 0.822. The van der Waals surface area contributed by atoms with Crippen molar-refractivity contribution in [3.63, 3.8) is 0 Å². The average molecular weight is 441 g/mol. The number of hydrogen-bond acceptors (Lipinski definition) is 5. The lowest BCUT2D eigenvalue weighted by atomic mass is 9.79. The van der Waals surface area contributed by atoms with Crippen molar-refractivity contribution in [2.24, 2.45) is 5.92 Å². The molecule has 0 spiro atoms. The number of imidazole rings is 1. The summed E-state index contributed by atoms with van der Waals surface area (Å²) in [6, 6.07) is 7.77. The maximum absolute atomic E-state index is 12.3. The number of carbonyl (C=O) groups is 1. The van der Waals surface area contributed by atoms with Gasteiger partial charge in [-0.25, -0.2) is 9.78 Å². The summed E-state index contributed by atoms with van der Waals surface area (Å²) in [7, 11) is -0.394. The summed E-state index contributed by atoms with van der Waals surface area (Å²) in [6.45, 7) is 17.8. The number of aromatic nitrogens is 2. The van der Waals surface area contributed by atoms with E-state index in [1.54, 1.807) is 6.20 Å². The highest BCUT2D eigenvalue weighted by Gasteiger charge is 2.51. The molecule has 0 aliphatic carbocycles. The van der Waals surface area contributed by atoms with Crippen molar-refractivity contribution >= 4 is 18.7 Å². The molecular weight excluding hydrogens is 405 g/mol. The van der Waals surface area contributed by atoms with Crippen LogP contribution in [0.25, 0.3) is 11.3 Å². The molecule has 2 N–H and O–H groups in total. The molecule has 1 aliphatic heterocycles. The van der Waals surface area contributed by atoms with E-state index in [-0.39, 0.29) is 23.2 Å². The van der Waals surface area contributed by atoms with E-state index in [2.05, 4.69) is 15.3 Å². The third-order valence-corrected chi connectivity index (χ3v) is 5.98. The van der Waals surface area contributed by atoms with Crippen LogP contribution >= 0.6 is 0 Å². The molecule has 0 bridgehead atoms. The molecule has 1 aliphatic rings. The monoisotopic (exact) mass is 441 g/mol. The second kappa shape index (κ2) is 8.56. The quantitative estimate of drug-likeness (QED) is 0.663. The molecule has 1 fully saturated rings. The first-order chi connectivity index (χ1) is 14.7. The normalized spacial score (nSPS) is 18.6. The molecule has 32 heavy (non-hydrogen) atoms. The lowest BCUT2D eigenvalue weighted by Crippen LogP contribution is -2.41. The number of ether oxygens (including phenoxy) is 1. The van der Waals surface area contributed by atoms with Gasteiger partial charge < -0.3 is 24.3 Å². The Bertz CT molecular complexity index is 929. The highest BCUT2D eigenvalue weighted by atomic mass is 16.7. The van der Waals surface area contributed by atoms with E-state index in [4.69, 9.17) is 14.0 Å². The van der Waals surface area contributed by atoms with E-state index < -0.39 is 18.8 Å². The molecule has 1 aromatic heterocycles. The fraction of sp³-hybridized carbons (Fsp3) is 0.583. The van der Waals surface area contributed by atoms with Gasteiger partial charge >= 0.3 is 13.2 Å². The minimum absolute atomic E-state index is 0.132. The van der Waals surface area contributed by atoms with Crippen LogP contribution in [0.15, 0.2) is 30.5 Å². The number of hydrogen-bond donors (Lipinski definition) is 2. The number of carbonyl (C=O) groups excluding carboxylic acids is 1. The van der Waals surface area contributed by atoms with Gasteiger partial charge in [-0.15, -0.1) is 0 Å². The highest BCUT2D eigenvalue weighted by Crippen LogP contribution is 2.36. The Hall–Kier alpha value is -2.32. The Kier molecular flexibility index (Phi) is 6.51. The number of rotatable bonds is 5. The van der Waals surface area contributed by atoms with Crippen LogP contribution in [0.3, 0.4) is 0 Å². The Morgan fingerprint density at radius 3 is 2.16 bits per heavy atom. The van der Waals surface area contributed by atoms with Crippen molar-refractivity contribution in [2.75, 3.05) is 0 Å². The summed E-state index contributed by atoms with van der Waals surface area (Å²) in [4.78, 5) is 20.2. The van der Waals surface area contributed by atoms with Gasteiger partial charge in [0, 0.05) is 0 Å². The van der Waals surface area contributed by atoms with Crippen LogP contribution in [0.2, 0.25) is 0 Å². The van der Waals surface area contributed by atoms with E-state index in [1.165, 1.54) is 0 Å². The molecule has 0 radical (unpaired) electrons. The van der Waals surface area contributed by atoms with Crippen LogP contribution in [-0.2, 0) is 14.0 Å². The van der Waals surface area contributed by atoms with Crippen molar-refractivity contribution in [2.45, 2.75) is 85.2 Å². The van der Waals surface area contributed by atoms with Crippen molar-refractivity contribution < 1.29 is 18.8 Å². The first-order valence-electron chi connectivity index (χ1n) is 11.2. The van der Waals surface area contributed by atoms with Crippen LogP contribution in [0.1, 0.15) is 74.2 Å². The second-order valence-electron chi connectivity index (χ2n) is 10.8. The first kappa shape index (κ1) is 24.3. The predicted molar refractivity (Wildman–Crippen MR) is 127 cm³/mol. The molecule has 2 aromatic rings. The molecule has 1 aromatic carbocycles. The Balaban J connectivity index is 1.74. The molecule has 1 atom stereocenters. The Morgan fingerprint density at radius 1 is 1.09 bits per heavy atom. The molecule has 0 saturated carbocycles. The summed E-state index contributed by atoms with van der Waals surface area (Å²) in [6.07, 6.45) is 1.33. The zero-order valence-electron chi connectivity index (χ0n) is 20.7. The molecular formula is C24H36BN3O4. The number of aromatic amines is 1. The largest absolute Gasteiger partial charge is 0.494 e. The van der Waals surface area contributed by atoms with Gasteiger partial charge in [-0.1, -0.05) is 38.1 Å². The lowest BCUT2D eigenvalue weighted by Gasteiger charge is -2.32. The molecule has 0 unspecified atom stereocenters. The molecule has 7 nitrogen and oxygen atoms in total. The second-order valence-corrected chi connectivity index (χ2v) is 10.8. The third kappa shape index (κ3) is 5.35. The van der Waals surface area contributed by atoms with Gasteiger partial charge in [0.15, 0.2) is 0 Å². The van der Waals surface area contributed by atoms with Crippen LogP contribution in [0.5, 0.6) is 0 Å². The van der Waals surface area contributed by atoms with E-state index in [9.17, 15) is 4.79 Å². The molecule has 3 rings (SSSR count). The van der Waals surface area contributed by atoms with Gasteiger partial charge in [-0.05, 0) is 65.4 Å². The average Bonchev–Trinajstić information content (AvgIpc) is 3.21. The zero-order chi connectivity index (χ0) is 23.9. The number of benzene rings is 1. The fourth-order valence-electron chi connectivity index (χ4n) is 3.43. The van der Waals surface area contributed by atoms with Crippen LogP contribution < -0.4 is 10.8 Å². The maximum Gasteiger partial charge on any atom is 0.494 e. The maximum atomic E-state index is 12.3. The number of nitrogens with zero attached hydrogens (tertiary/aromatic N) is 1. The molecule has 1 amide bonds. The minimum atomic E-state index is -0.557. The topological polar surface area (TPSA) is 85.5 Å². The smallest absolute Gasteiger partial charge is 0.444 e. The van der Waals surface area contributed by atoms with E-state index in [0.29, 0.717) is 5.82 Å². The summed E-state index contributed by atoms with van der Waals surface area (Å²) < 4.78 is 17.7. The van der Waals surface area contributed by atoms with Crippen molar-refractivity contribution in [1.29, 1.82) is 0 Å². The van der Waals surface area contributed by atoms with E-state index in [0.717, 1.165) is 16.7 Å². The third-order valence-electron chi connectivity index (χ3n) is 5.98. The van der Waals surface area contributed by atoms with Crippen LogP contribution in [0, 0.1) is 5.92 Å². The lowest BCUT2D eigenvalue weighted by molar-refractivity contribution is 0.00578. The fourth-order valence-corrected chi connectivity index (χ4v) is 3.43. The molecule has 8 heteroatoms. The van der Waals surface area contributed by atoms with Crippen LogP contribution in [0.4, 0.5) is 4.79 Å². The van der Waals surface area contributed by atoms with Crippen molar-refractivity contribution in [3.8, 4) is 11.3 Å². The van der Waals surface area contributed by atoms with Gasteiger partial charge in [0.1, 0.15) is 11.4 Å². The number of nitrogens with one attached hydrogen (secondary N) is 2. The van der Waals surface area contributed by atoms with Gasteiger partial charge in [-0.2, -0.15) is 0 Å². The van der Waals surface area contributed by atoms with Gasteiger partial charge in [0.25, 0.3) is 0 Å². The SMILES string of the molecule is CC(C)[C@H](NC(=O)OC(C)(C)C)c1ncc(-c2ccc(B3OC(C)(C)C(C)(C)O3)cc2)[nH]1. The Morgan fingerprint density at radius 2 is 1.66 bits per heavy atom. The highest BCUT2D eigenvalue weighted by molar-refractivity contribution is 6.62. The summed E-state index contributed by atoms with van der Waals surface area (Å²) in [5, 5.41) is 2.93. The summed E-state index contributed by atoms with van der Waals surface area (Å²) in [5.41, 5.74) is 1.53.